The smallest absolute Gasteiger partial charge is 0.254 e. The summed E-state index contributed by atoms with van der Waals surface area (Å²) in [6.45, 7) is 5.69. The molecule has 36 heavy (non-hydrogen) atoms. The van der Waals surface area contributed by atoms with Crippen molar-refractivity contribution in [1.82, 2.24) is 20.4 Å². The van der Waals surface area contributed by atoms with E-state index in [1.807, 2.05) is 42.5 Å². The molecular weight excluding hydrogens is 456 g/mol. The standard InChI is InChI=1S/C28H34N4O4/c1-2-25(33)29-15-6-5-12-24(30-26(34)21-13-14-21)28(36)32-18-16-31(17-19-32)27(35)23-11-7-9-20-8-3-4-10-22(20)23/h2-4,7-11,21,24H,1,5-6,12-19H2,(H,29,33)(H,30,34)/t24-/m0/s1. The molecule has 190 valence electrons. The highest BCUT2D eigenvalue weighted by Gasteiger charge is 2.35. The van der Waals surface area contributed by atoms with Crippen molar-refractivity contribution in [2.45, 2.75) is 38.1 Å². The Morgan fingerprint density at radius 1 is 0.944 bits per heavy atom. The summed E-state index contributed by atoms with van der Waals surface area (Å²) in [4.78, 5) is 53.9. The Labute approximate surface area is 211 Å². The van der Waals surface area contributed by atoms with Gasteiger partial charge in [0.1, 0.15) is 6.04 Å². The van der Waals surface area contributed by atoms with Crippen LogP contribution in [0.25, 0.3) is 10.8 Å². The quantitative estimate of drug-likeness (QED) is 0.395. The fraction of sp³-hybridized carbons (Fsp3) is 0.429. The predicted molar refractivity (Wildman–Crippen MR) is 138 cm³/mol. The number of nitrogens with zero attached hydrogens (tertiary/aromatic N) is 2. The monoisotopic (exact) mass is 490 g/mol. The van der Waals surface area contributed by atoms with Crippen molar-refractivity contribution in [3.8, 4) is 0 Å². The molecule has 0 unspecified atom stereocenters. The summed E-state index contributed by atoms with van der Waals surface area (Å²) in [5, 5.41) is 7.63. The lowest BCUT2D eigenvalue weighted by molar-refractivity contribution is -0.138. The second-order valence-corrected chi connectivity index (χ2v) is 9.47. The molecule has 0 spiro atoms. The summed E-state index contributed by atoms with van der Waals surface area (Å²) in [5.74, 6) is -0.392. The fourth-order valence-corrected chi connectivity index (χ4v) is 4.58. The third-order valence-electron chi connectivity index (χ3n) is 6.87. The van der Waals surface area contributed by atoms with E-state index in [9.17, 15) is 19.2 Å². The first-order valence-electron chi connectivity index (χ1n) is 12.7. The molecule has 0 bridgehead atoms. The van der Waals surface area contributed by atoms with E-state index in [0.717, 1.165) is 23.6 Å². The molecule has 2 N–H and O–H groups in total. The van der Waals surface area contributed by atoms with E-state index in [4.69, 9.17) is 0 Å². The zero-order valence-corrected chi connectivity index (χ0v) is 20.6. The number of fused-ring (bicyclic) bond motifs is 1. The van der Waals surface area contributed by atoms with Crippen LogP contribution in [0.15, 0.2) is 55.1 Å². The number of hydrogen-bond donors (Lipinski definition) is 2. The Morgan fingerprint density at radius 3 is 2.36 bits per heavy atom. The summed E-state index contributed by atoms with van der Waals surface area (Å²) >= 11 is 0. The maximum Gasteiger partial charge on any atom is 0.254 e. The second kappa shape index (κ2) is 11.8. The van der Waals surface area contributed by atoms with Crippen molar-refractivity contribution < 1.29 is 19.2 Å². The summed E-state index contributed by atoms with van der Waals surface area (Å²) in [7, 11) is 0. The molecule has 1 atom stereocenters. The molecule has 4 amide bonds. The van der Waals surface area contributed by atoms with Crippen LogP contribution in [-0.2, 0) is 14.4 Å². The lowest BCUT2D eigenvalue weighted by Crippen LogP contribution is -2.56. The molecular formula is C28H34N4O4. The Kier molecular flexibility index (Phi) is 8.36. The van der Waals surface area contributed by atoms with Crippen LogP contribution in [0.2, 0.25) is 0 Å². The van der Waals surface area contributed by atoms with Gasteiger partial charge in [0.25, 0.3) is 5.91 Å². The van der Waals surface area contributed by atoms with Crippen LogP contribution in [0.3, 0.4) is 0 Å². The molecule has 2 fully saturated rings. The lowest BCUT2D eigenvalue weighted by atomic mass is 10.0. The van der Waals surface area contributed by atoms with Crippen LogP contribution in [0.5, 0.6) is 0 Å². The molecule has 2 aromatic rings. The van der Waals surface area contributed by atoms with Crippen LogP contribution in [0.4, 0.5) is 0 Å². The Morgan fingerprint density at radius 2 is 1.64 bits per heavy atom. The molecule has 1 aliphatic heterocycles. The summed E-state index contributed by atoms with van der Waals surface area (Å²) in [5.41, 5.74) is 0.672. The van der Waals surface area contributed by atoms with Gasteiger partial charge in [-0.3, -0.25) is 19.2 Å². The molecule has 2 aliphatic rings. The summed E-state index contributed by atoms with van der Waals surface area (Å²) in [6.07, 6.45) is 4.88. The SMILES string of the molecule is C=CC(=O)NCCCC[C@H](NC(=O)C1CC1)C(=O)N1CCN(C(=O)c2cccc3ccccc23)CC1. The van der Waals surface area contributed by atoms with Gasteiger partial charge in [-0.15, -0.1) is 0 Å². The average molecular weight is 491 g/mol. The minimum atomic E-state index is -0.589. The first-order valence-corrected chi connectivity index (χ1v) is 12.7. The highest BCUT2D eigenvalue weighted by Crippen LogP contribution is 2.29. The number of unbranched alkanes of at least 4 members (excludes halogenated alkanes) is 1. The molecule has 1 aliphatic carbocycles. The van der Waals surface area contributed by atoms with E-state index in [2.05, 4.69) is 17.2 Å². The zero-order chi connectivity index (χ0) is 25.5. The van der Waals surface area contributed by atoms with Gasteiger partial charge in [-0.1, -0.05) is 43.0 Å². The number of benzene rings is 2. The molecule has 1 saturated heterocycles. The molecule has 0 aromatic heterocycles. The molecule has 1 saturated carbocycles. The highest BCUT2D eigenvalue weighted by atomic mass is 16.2. The van der Waals surface area contributed by atoms with Crippen molar-refractivity contribution in [2.24, 2.45) is 5.92 Å². The minimum Gasteiger partial charge on any atom is -0.353 e. The van der Waals surface area contributed by atoms with Gasteiger partial charge in [-0.05, 0) is 55.0 Å². The van der Waals surface area contributed by atoms with Crippen LogP contribution < -0.4 is 10.6 Å². The number of amides is 4. The van der Waals surface area contributed by atoms with E-state index >= 15 is 0 Å². The van der Waals surface area contributed by atoms with Crippen LogP contribution >= 0.6 is 0 Å². The topological polar surface area (TPSA) is 98.8 Å². The Hall–Kier alpha value is -3.68. The summed E-state index contributed by atoms with van der Waals surface area (Å²) < 4.78 is 0. The van der Waals surface area contributed by atoms with E-state index in [0.29, 0.717) is 57.5 Å². The maximum atomic E-state index is 13.3. The average Bonchev–Trinajstić information content (AvgIpc) is 3.77. The van der Waals surface area contributed by atoms with E-state index in [1.54, 1.807) is 9.80 Å². The van der Waals surface area contributed by atoms with Crippen LogP contribution in [0, 0.1) is 5.92 Å². The van der Waals surface area contributed by atoms with Gasteiger partial charge in [-0.2, -0.15) is 0 Å². The number of rotatable bonds is 10. The Balaban J connectivity index is 1.33. The maximum absolute atomic E-state index is 13.3. The van der Waals surface area contributed by atoms with Crippen molar-refractivity contribution in [3.63, 3.8) is 0 Å². The van der Waals surface area contributed by atoms with Gasteiger partial charge in [-0.25, -0.2) is 0 Å². The third-order valence-corrected chi connectivity index (χ3v) is 6.87. The van der Waals surface area contributed by atoms with Crippen molar-refractivity contribution >= 4 is 34.4 Å². The first-order chi connectivity index (χ1) is 17.5. The number of hydrogen-bond acceptors (Lipinski definition) is 4. The number of carbonyl (C=O) groups excluding carboxylic acids is 4. The molecule has 8 nitrogen and oxygen atoms in total. The van der Waals surface area contributed by atoms with E-state index in [-0.39, 0.29) is 29.5 Å². The van der Waals surface area contributed by atoms with Gasteiger partial charge in [0.2, 0.25) is 17.7 Å². The predicted octanol–water partition coefficient (Wildman–Crippen LogP) is 2.49. The summed E-state index contributed by atoms with van der Waals surface area (Å²) in [6, 6.07) is 13.0. The van der Waals surface area contributed by atoms with Gasteiger partial charge in [0.05, 0.1) is 0 Å². The first kappa shape index (κ1) is 25.4. The van der Waals surface area contributed by atoms with E-state index < -0.39 is 6.04 Å². The van der Waals surface area contributed by atoms with Gasteiger partial charge < -0.3 is 20.4 Å². The van der Waals surface area contributed by atoms with Crippen LogP contribution in [-0.4, -0.2) is 72.2 Å². The van der Waals surface area contributed by atoms with Crippen molar-refractivity contribution in [1.29, 1.82) is 0 Å². The molecule has 4 rings (SSSR count). The molecule has 0 radical (unpaired) electrons. The zero-order valence-electron chi connectivity index (χ0n) is 20.6. The molecule has 1 heterocycles. The van der Waals surface area contributed by atoms with Crippen molar-refractivity contribution in [2.75, 3.05) is 32.7 Å². The number of piperazine rings is 1. The van der Waals surface area contributed by atoms with Gasteiger partial charge >= 0.3 is 0 Å². The Bertz CT molecular complexity index is 1130. The largest absolute Gasteiger partial charge is 0.353 e. The van der Waals surface area contributed by atoms with E-state index in [1.165, 1.54) is 6.08 Å². The van der Waals surface area contributed by atoms with Gasteiger partial charge in [0, 0.05) is 44.2 Å². The normalized spacial score (nSPS) is 16.3. The van der Waals surface area contributed by atoms with Gasteiger partial charge in [0.15, 0.2) is 0 Å². The number of nitrogens with one attached hydrogen (secondary N) is 2. The minimum absolute atomic E-state index is 0.0161. The second-order valence-electron chi connectivity index (χ2n) is 9.47. The molecule has 8 heteroatoms. The highest BCUT2D eigenvalue weighted by molar-refractivity contribution is 6.07. The third kappa shape index (κ3) is 6.30. The molecule has 2 aromatic carbocycles. The number of carbonyl (C=O) groups is 4. The fourth-order valence-electron chi connectivity index (χ4n) is 4.58. The van der Waals surface area contributed by atoms with Crippen molar-refractivity contribution in [3.05, 3.63) is 60.7 Å². The van der Waals surface area contributed by atoms with Crippen LogP contribution in [0.1, 0.15) is 42.5 Å². The lowest BCUT2D eigenvalue weighted by Gasteiger charge is -2.36.